The highest BCUT2D eigenvalue weighted by Gasteiger charge is 2.07. The van der Waals surface area contributed by atoms with Crippen LogP contribution in [-0.4, -0.2) is 19.9 Å². The third-order valence-electron chi connectivity index (χ3n) is 3.21. The van der Waals surface area contributed by atoms with Gasteiger partial charge in [0, 0.05) is 17.5 Å². The lowest BCUT2D eigenvalue weighted by Gasteiger charge is -1.97. The summed E-state index contributed by atoms with van der Waals surface area (Å²) < 4.78 is 1.66. The minimum absolute atomic E-state index is 0. The minimum atomic E-state index is 0. The molecule has 0 aliphatic rings. The van der Waals surface area contributed by atoms with E-state index in [0.717, 1.165) is 16.4 Å². The van der Waals surface area contributed by atoms with Crippen LogP contribution in [0.4, 0.5) is 0 Å². The van der Waals surface area contributed by atoms with Crippen LogP contribution in [0.1, 0.15) is 36.0 Å². The van der Waals surface area contributed by atoms with Crippen LogP contribution in [0.2, 0.25) is 0 Å². The molecule has 0 aliphatic carbocycles. The zero-order chi connectivity index (χ0) is 15.5. The van der Waals surface area contributed by atoms with E-state index in [4.69, 9.17) is 0 Å². The van der Waals surface area contributed by atoms with Crippen molar-refractivity contribution in [2.75, 3.05) is 0 Å². The highest BCUT2D eigenvalue weighted by Crippen LogP contribution is 2.23. The average Bonchev–Trinajstić information content (AvgIpc) is 3.13. The lowest BCUT2D eigenvalue weighted by molar-refractivity contribution is 0.447. The Morgan fingerprint density at radius 1 is 1.17 bits per heavy atom. The Hall–Kier alpha value is -2.11. The number of halogens is 1. The number of hydrogen-bond donors (Lipinski definition) is 1. The highest BCUT2D eigenvalue weighted by atomic mass is 35.5. The van der Waals surface area contributed by atoms with Crippen molar-refractivity contribution in [2.24, 2.45) is 0 Å². The van der Waals surface area contributed by atoms with Gasteiger partial charge in [-0.25, -0.2) is 9.67 Å². The molecule has 0 atom stereocenters. The van der Waals surface area contributed by atoms with Crippen LogP contribution < -0.4 is 0 Å². The normalized spacial score (nSPS) is 11.1. The molecule has 23 heavy (non-hydrogen) atoms. The third kappa shape index (κ3) is 4.00. The summed E-state index contributed by atoms with van der Waals surface area (Å²) in [6.07, 6.45) is 5.53. The molecule has 1 aromatic carbocycles. The summed E-state index contributed by atoms with van der Waals surface area (Å²) in [5.74, 6) is 0.445. The summed E-state index contributed by atoms with van der Waals surface area (Å²) in [7, 11) is 0. The maximum Gasteiger partial charge on any atom is 0.238 e. The Balaban J connectivity index is 0.00000192. The number of thiazole rings is 1. The number of para-hydroxylation sites is 1. The summed E-state index contributed by atoms with van der Waals surface area (Å²) in [5, 5.41) is 17.2. The highest BCUT2D eigenvalue weighted by molar-refractivity contribution is 7.09. The first kappa shape index (κ1) is 17.2. The van der Waals surface area contributed by atoms with Crippen LogP contribution in [0.15, 0.2) is 41.9 Å². The van der Waals surface area contributed by atoms with Gasteiger partial charge >= 0.3 is 0 Å². The summed E-state index contributed by atoms with van der Waals surface area (Å²) in [6, 6.07) is 9.70. The first-order chi connectivity index (χ1) is 10.6. The molecule has 2 aromatic heterocycles. The molecule has 0 aliphatic heterocycles. The van der Waals surface area contributed by atoms with Gasteiger partial charge in [-0.1, -0.05) is 32.0 Å². The molecule has 0 amide bonds. The number of nitrogens with zero attached hydrogens (tertiary/aromatic N) is 3. The van der Waals surface area contributed by atoms with Crippen LogP contribution in [0.3, 0.4) is 0 Å². The Kier molecular flexibility index (Phi) is 5.58. The second-order valence-electron chi connectivity index (χ2n) is 5.29. The van der Waals surface area contributed by atoms with E-state index in [0.29, 0.717) is 11.5 Å². The number of benzene rings is 1. The molecule has 0 saturated heterocycles. The van der Waals surface area contributed by atoms with Crippen molar-refractivity contribution in [3.63, 3.8) is 0 Å². The van der Waals surface area contributed by atoms with E-state index in [1.807, 2.05) is 47.9 Å². The van der Waals surface area contributed by atoms with Crippen molar-refractivity contribution in [3.8, 4) is 11.6 Å². The Morgan fingerprint density at radius 3 is 2.57 bits per heavy atom. The fraction of sp³-hybridized carbons (Fsp3) is 0.176. The van der Waals surface area contributed by atoms with Crippen molar-refractivity contribution in [1.82, 2.24) is 14.8 Å². The molecular weight excluding hydrogens is 330 g/mol. The lowest BCUT2D eigenvalue weighted by atomic mass is 10.2. The van der Waals surface area contributed by atoms with Gasteiger partial charge < -0.3 is 5.11 Å². The smallest absolute Gasteiger partial charge is 0.238 e. The van der Waals surface area contributed by atoms with E-state index in [1.54, 1.807) is 22.2 Å². The first-order valence-electron chi connectivity index (χ1n) is 7.11. The van der Waals surface area contributed by atoms with Crippen molar-refractivity contribution in [2.45, 2.75) is 19.8 Å². The van der Waals surface area contributed by atoms with Gasteiger partial charge in [0.25, 0.3) is 0 Å². The SMILES string of the molecule is CC(C)c1nc(C=Cc2cn(-c3ccccc3)nc2O)cs1.Cl. The quantitative estimate of drug-likeness (QED) is 0.740. The van der Waals surface area contributed by atoms with Crippen LogP contribution in [0.5, 0.6) is 5.88 Å². The lowest BCUT2D eigenvalue weighted by Crippen LogP contribution is -1.92. The van der Waals surface area contributed by atoms with Gasteiger partial charge in [-0.3, -0.25) is 0 Å². The molecule has 3 aromatic rings. The number of aromatic hydroxyl groups is 1. The van der Waals surface area contributed by atoms with Gasteiger partial charge in [0.1, 0.15) is 0 Å². The van der Waals surface area contributed by atoms with Crippen molar-refractivity contribution in [1.29, 1.82) is 0 Å². The van der Waals surface area contributed by atoms with Gasteiger partial charge in [-0.2, -0.15) is 0 Å². The summed E-state index contributed by atoms with van der Waals surface area (Å²) in [5.41, 5.74) is 2.48. The van der Waals surface area contributed by atoms with Gasteiger partial charge in [0.2, 0.25) is 5.88 Å². The Labute approximate surface area is 145 Å². The van der Waals surface area contributed by atoms with E-state index in [2.05, 4.69) is 23.9 Å². The van der Waals surface area contributed by atoms with E-state index in [1.165, 1.54) is 0 Å². The maximum absolute atomic E-state index is 9.96. The van der Waals surface area contributed by atoms with Crippen LogP contribution >= 0.6 is 23.7 Å². The molecule has 0 radical (unpaired) electrons. The maximum atomic E-state index is 9.96. The fourth-order valence-electron chi connectivity index (χ4n) is 2.03. The molecule has 0 fully saturated rings. The second kappa shape index (κ2) is 7.44. The molecule has 4 nitrogen and oxygen atoms in total. The Morgan fingerprint density at radius 2 is 1.91 bits per heavy atom. The molecule has 0 saturated carbocycles. The zero-order valence-electron chi connectivity index (χ0n) is 12.9. The zero-order valence-corrected chi connectivity index (χ0v) is 14.5. The summed E-state index contributed by atoms with van der Waals surface area (Å²) >= 11 is 1.65. The number of hydrogen-bond acceptors (Lipinski definition) is 4. The van der Waals surface area contributed by atoms with Crippen molar-refractivity contribution in [3.05, 3.63) is 58.2 Å². The fourth-order valence-corrected chi connectivity index (χ4v) is 2.83. The van der Waals surface area contributed by atoms with Crippen LogP contribution in [-0.2, 0) is 0 Å². The van der Waals surface area contributed by atoms with Gasteiger partial charge in [0.15, 0.2) is 0 Å². The molecule has 0 bridgehead atoms. The first-order valence-corrected chi connectivity index (χ1v) is 7.99. The topological polar surface area (TPSA) is 50.9 Å². The predicted molar refractivity (Wildman–Crippen MR) is 97.6 cm³/mol. The molecular formula is C17H18ClN3OS. The predicted octanol–water partition coefficient (Wildman–Crippen LogP) is 4.75. The van der Waals surface area contributed by atoms with Gasteiger partial charge in [-0.15, -0.1) is 28.8 Å². The monoisotopic (exact) mass is 347 g/mol. The van der Waals surface area contributed by atoms with Gasteiger partial charge in [-0.05, 0) is 24.3 Å². The summed E-state index contributed by atoms with van der Waals surface area (Å²) in [6.45, 7) is 4.25. The van der Waals surface area contributed by atoms with E-state index in [9.17, 15) is 5.11 Å². The average molecular weight is 348 g/mol. The molecule has 120 valence electrons. The molecule has 1 N–H and O–H groups in total. The van der Waals surface area contributed by atoms with Crippen LogP contribution in [0, 0.1) is 0 Å². The molecule has 6 heteroatoms. The minimum Gasteiger partial charge on any atom is -0.492 e. The van der Waals surface area contributed by atoms with E-state index >= 15 is 0 Å². The van der Waals surface area contributed by atoms with Crippen molar-refractivity contribution >= 4 is 35.9 Å². The molecule has 0 spiro atoms. The number of aromatic nitrogens is 3. The largest absolute Gasteiger partial charge is 0.492 e. The van der Waals surface area contributed by atoms with E-state index < -0.39 is 0 Å². The second-order valence-corrected chi connectivity index (χ2v) is 6.18. The van der Waals surface area contributed by atoms with Crippen LogP contribution in [0.25, 0.3) is 17.8 Å². The summed E-state index contributed by atoms with van der Waals surface area (Å²) in [4.78, 5) is 4.54. The van der Waals surface area contributed by atoms with Crippen molar-refractivity contribution < 1.29 is 5.11 Å². The van der Waals surface area contributed by atoms with Gasteiger partial charge in [0.05, 0.1) is 22.0 Å². The number of rotatable bonds is 4. The third-order valence-corrected chi connectivity index (χ3v) is 4.37. The molecule has 3 rings (SSSR count). The van der Waals surface area contributed by atoms with E-state index in [-0.39, 0.29) is 18.3 Å². The Bertz CT molecular complexity index is 793. The molecule has 0 unspecified atom stereocenters. The standard InChI is InChI=1S/C17H17N3OS.ClH/c1-12(2)17-18-14(11-22-17)9-8-13-10-20(19-16(13)21)15-6-4-3-5-7-15;/h3-12H,1-2H3,(H,19,21);1H. The molecule has 2 heterocycles.